The Kier molecular flexibility index (Phi) is 5.31. The third-order valence-corrected chi connectivity index (χ3v) is 2.72. The van der Waals surface area contributed by atoms with Crippen molar-refractivity contribution in [1.82, 2.24) is 0 Å². The lowest BCUT2D eigenvalue weighted by Gasteiger charge is -1.97. The highest BCUT2D eigenvalue weighted by molar-refractivity contribution is 8.13. The summed E-state index contributed by atoms with van der Waals surface area (Å²) in [5.74, 6) is 6.95. The number of carbonyl (C=O) groups is 1. The second kappa shape index (κ2) is 6.55. The van der Waals surface area contributed by atoms with Crippen LogP contribution in [0.15, 0.2) is 24.3 Å². The minimum Gasteiger partial charge on any atom is -0.288 e. The Morgan fingerprint density at radius 2 is 2.20 bits per heavy atom. The molecule has 0 atom stereocenters. The van der Waals surface area contributed by atoms with E-state index in [2.05, 4.69) is 11.8 Å². The minimum atomic E-state index is 0.0925. The molecule has 0 N–H and O–H groups in total. The maximum Gasteiger partial charge on any atom is 0.186 e. The summed E-state index contributed by atoms with van der Waals surface area (Å²) in [7, 11) is 0. The second-order valence-electron chi connectivity index (χ2n) is 2.87. The van der Waals surface area contributed by atoms with E-state index in [9.17, 15) is 4.79 Å². The van der Waals surface area contributed by atoms with E-state index in [4.69, 9.17) is 11.6 Å². The van der Waals surface area contributed by atoms with Crippen LogP contribution in [0, 0.1) is 11.8 Å². The highest BCUT2D eigenvalue weighted by atomic mass is 35.5. The summed E-state index contributed by atoms with van der Waals surface area (Å²) in [5.41, 5.74) is 1.97. The fourth-order valence-electron chi connectivity index (χ4n) is 1.03. The molecule has 0 fully saturated rings. The standard InChI is InChI=1S/C12H11ClOS/c1-10(14)15-8-4-7-11-5-2-3-6-12(11)9-13/h2-3,5-6H,8-9H2,1H3. The first-order chi connectivity index (χ1) is 7.24. The molecular weight excluding hydrogens is 228 g/mol. The first kappa shape index (κ1) is 12.2. The topological polar surface area (TPSA) is 17.1 Å². The summed E-state index contributed by atoms with van der Waals surface area (Å²) in [6.07, 6.45) is 0. The molecule has 0 bridgehead atoms. The molecule has 0 aliphatic rings. The van der Waals surface area contributed by atoms with Crippen molar-refractivity contribution in [2.45, 2.75) is 12.8 Å². The van der Waals surface area contributed by atoms with Crippen molar-refractivity contribution in [3.63, 3.8) is 0 Å². The Morgan fingerprint density at radius 3 is 2.87 bits per heavy atom. The molecule has 78 valence electrons. The molecule has 0 aromatic heterocycles. The summed E-state index contributed by atoms with van der Waals surface area (Å²) < 4.78 is 0. The molecule has 3 heteroatoms. The van der Waals surface area contributed by atoms with Crippen molar-refractivity contribution >= 4 is 28.5 Å². The smallest absolute Gasteiger partial charge is 0.186 e. The summed E-state index contributed by atoms with van der Waals surface area (Å²) in [4.78, 5) is 10.7. The molecule has 0 unspecified atom stereocenters. The lowest BCUT2D eigenvalue weighted by Crippen LogP contribution is -1.86. The second-order valence-corrected chi connectivity index (χ2v) is 4.29. The zero-order valence-corrected chi connectivity index (χ0v) is 9.99. The molecule has 1 aromatic carbocycles. The zero-order valence-electron chi connectivity index (χ0n) is 8.42. The van der Waals surface area contributed by atoms with Crippen LogP contribution in [0.1, 0.15) is 18.1 Å². The van der Waals surface area contributed by atoms with Crippen LogP contribution in [0.5, 0.6) is 0 Å². The van der Waals surface area contributed by atoms with Crippen LogP contribution in [-0.2, 0) is 10.7 Å². The van der Waals surface area contributed by atoms with E-state index in [1.807, 2.05) is 24.3 Å². The zero-order chi connectivity index (χ0) is 11.1. The van der Waals surface area contributed by atoms with E-state index in [0.717, 1.165) is 11.1 Å². The molecule has 0 radical (unpaired) electrons. The SMILES string of the molecule is CC(=O)SCC#Cc1ccccc1CCl. The maximum atomic E-state index is 10.7. The Hall–Kier alpha value is -0.910. The number of rotatable bonds is 2. The van der Waals surface area contributed by atoms with Crippen molar-refractivity contribution in [3.05, 3.63) is 35.4 Å². The van der Waals surface area contributed by atoms with E-state index in [1.165, 1.54) is 11.8 Å². The van der Waals surface area contributed by atoms with Gasteiger partial charge in [-0.2, -0.15) is 0 Å². The average molecular weight is 239 g/mol. The number of benzene rings is 1. The van der Waals surface area contributed by atoms with Crippen LogP contribution in [0.3, 0.4) is 0 Å². The molecule has 15 heavy (non-hydrogen) atoms. The fourth-order valence-corrected chi connectivity index (χ4v) is 1.61. The van der Waals surface area contributed by atoms with Crippen LogP contribution in [-0.4, -0.2) is 10.9 Å². The predicted molar refractivity (Wildman–Crippen MR) is 66.0 cm³/mol. The molecule has 0 saturated carbocycles. The van der Waals surface area contributed by atoms with Crippen LogP contribution in [0.25, 0.3) is 0 Å². The monoisotopic (exact) mass is 238 g/mol. The fraction of sp³-hybridized carbons (Fsp3) is 0.250. The normalized spacial score (nSPS) is 9.20. The quantitative estimate of drug-likeness (QED) is 0.582. The molecule has 0 spiro atoms. The summed E-state index contributed by atoms with van der Waals surface area (Å²) in [6.45, 7) is 1.54. The van der Waals surface area contributed by atoms with Gasteiger partial charge in [0.1, 0.15) is 0 Å². The van der Waals surface area contributed by atoms with Crippen molar-refractivity contribution in [1.29, 1.82) is 0 Å². The lowest BCUT2D eigenvalue weighted by atomic mass is 10.1. The number of hydrogen-bond acceptors (Lipinski definition) is 2. The first-order valence-electron chi connectivity index (χ1n) is 4.50. The highest BCUT2D eigenvalue weighted by Gasteiger charge is 1.95. The van der Waals surface area contributed by atoms with Crippen LogP contribution in [0.2, 0.25) is 0 Å². The van der Waals surface area contributed by atoms with Gasteiger partial charge in [0, 0.05) is 18.4 Å². The van der Waals surface area contributed by atoms with Gasteiger partial charge in [-0.15, -0.1) is 11.6 Å². The first-order valence-corrected chi connectivity index (χ1v) is 6.02. The Bertz CT molecular complexity index is 404. The molecule has 0 aliphatic heterocycles. The Morgan fingerprint density at radius 1 is 1.47 bits per heavy atom. The summed E-state index contributed by atoms with van der Waals surface area (Å²) in [5, 5.41) is 0.0925. The van der Waals surface area contributed by atoms with E-state index in [-0.39, 0.29) is 5.12 Å². The number of alkyl halides is 1. The molecule has 1 aromatic rings. The summed E-state index contributed by atoms with van der Waals surface area (Å²) in [6, 6.07) is 7.75. The van der Waals surface area contributed by atoms with E-state index >= 15 is 0 Å². The van der Waals surface area contributed by atoms with Gasteiger partial charge >= 0.3 is 0 Å². The lowest BCUT2D eigenvalue weighted by molar-refractivity contribution is -0.109. The molecule has 0 amide bonds. The highest BCUT2D eigenvalue weighted by Crippen LogP contribution is 2.09. The molecule has 1 nitrogen and oxygen atoms in total. The average Bonchev–Trinajstić information content (AvgIpc) is 2.24. The van der Waals surface area contributed by atoms with Crippen LogP contribution < -0.4 is 0 Å². The third kappa shape index (κ3) is 4.42. The van der Waals surface area contributed by atoms with Gasteiger partial charge < -0.3 is 0 Å². The minimum absolute atomic E-state index is 0.0925. The molecule has 1 rings (SSSR count). The van der Waals surface area contributed by atoms with E-state index < -0.39 is 0 Å². The van der Waals surface area contributed by atoms with Crippen LogP contribution in [0.4, 0.5) is 0 Å². The van der Waals surface area contributed by atoms with Crippen molar-refractivity contribution < 1.29 is 4.79 Å². The third-order valence-electron chi connectivity index (χ3n) is 1.73. The van der Waals surface area contributed by atoms with E-state index in [0.29, 0.717) is 11.6 Å². The van der Waals surface area contributed by atoms with Crippen LogP contribution >= 0.6 is 23.4 Å². The van der Waals surface area contributed by atoms with Gasteiger partial charge in [-0.05, 0) is 11.6 Å². The molecule has 0 saturated heterocycles. The van der Waals surface area contributed by atoms with Gasteiger partial charge in [-0.25, -0.2) is 0 Å². The number of carbonyl (C=O) groups excluding carboxylic acids is 1. The van der Waals surface area contributed by atoms with Gasteiger partial charge in [0.2, 0.25) is 0 Å². The predicted octanol–water partition coefficient (Wildman–Crippen LogP) is 3.06. The molecule has 0 aliphatic carbocycles. The van der Waals surface area contributed by atoms with Crippen molar-refractivity contribution in [3.8, 4) is 11.8 Å². The molecule has 0 heterocycles. The van der Waals surface area contributed by atoms with Gasteiger partial charge in [0.05, 0.1) is 5.75 Å². The van der Waals surface area contributed by atoms with Gasteiger partial charge in [-0.1, -0.05) is 41.8 Å². The van der Waals surface area contributed by atoms with Crippen molar-refractivity contribution in [2.24, 2.45) is 0 Å². The number of halogens is 1. The van der Waals surface area contributed by atoms with Gasteiger partial charge in [-0.3, -0.25) is 4.79 Å². The van der Waals surface area contributed by atoms with Crippen molar-refractivity contribution in [2.75, 3.05) is 5.75 Å². The maximum absolute atomic E-state index is 10.7. The van der Waals surface area contributed by atoms with Gasteiger partial charge in [0.25, 0.3) is 0 Å². The largest absolute Gasteiger partial charge is 0.288 e. The Balaban J connectivity index is 2.66. The number of hydrogen-bond donors (Lipinski definition) is 0. The van der Waals surface area contributed by atoms with E-state index in [1.54, 1.807) is 6.92 Å². The van der Waals surface area contributed by atoms with Gasteiger partial charge in [0.15, 0.2) is 5.12 Å². The Labute approximate surface area is 99.2 Å². The number of thioether (sulfide) groups is 1. The summed E-state index contributed by atoms with van der Waals surface area (Å²) >= 11 is 6.99. The molecular formula is C12H11ClOS.